The average Bonchev–Trinajstić information content (AvgIpc) is 2.68. The highest BCUT2D eigenvalue weighted by molar-refractivity contribution is 6.14. The van der Waals surface area contributed by atoms with Crippen molar-refractivity contribution < 1.29 is 9.53 Å². The molecule has 0 radical (unpaired) electrons. The van der Waals surface area contributed by atoms with E-state index in [0.717, 1.165) is 33.2 Å². The molecular formula is C21H17N3O2. The maximum atomic E-state index is 12.5. The number of hydrogen-bond donors (Lipinski definition) is 2. The molecule has 0 aliphatic carbocycles. The molecular weight excluding hydrogens is 326 g/mol. The molecule has 128 valence electrons. The van der Waals surface area contributed by atoms with E-state index < -0.39 is 0 Å². The largest absolute Gasteiger partial charge is 0.497 e. The number of rotatable bonds is 3. The molecule has 0 spiro atoms. The lowest BCUT2D eigenvalue weighted by atomic mass is 10.1. The zero-order valence-electron chi connectivity index (χ0n) is 14.2. The number of urea groups is 1. The van der Waals surface area contributed by atoms with Crippen molar-refractivity contribution in [1.29, 1.82) is 0 Å². The topological polar surface area (TPSA) is 63.2 Å². The van der Waals surface area contributed by atoms with Gasteiger partial charge in [0.25, 0.3) is 0 Å². The van der Waals surface area contributed by atoms with Crippen LogP contribution in [0.3, 0.4) is 0 Å². The number of fused-ring (bicyclic) bond motifs is 2. The molecule has 0 aliphatic heterocycles. The molecule has 2 amide bonds. The number of pyridine rings is 1. The van der Waals surface area contributed by atoms with E-state index in [9.17, 15) is 4.79 Å². The van der Waals surface area contributed by atoms with Crippen molar-refractivity contribution in [3.05, 3.63) is 72.8 Å². The van der Waals surface area contributed by atoms with Crippen LogP contribution in [-0.4, -0.2) is 18.1 Å². The predicted octanol–water partition coefficient (Wildman–Crippen LogP) is 5.04. The van der Waals surface area contributed by atoms with Gasteiger partial charge in [-0.15, -0.1) is 0 Å². The van der Waals surface area contributed by atoms with Gasteiger partial charge in [-0.25, -0.2) is 9.78 Å². The van der Waals surface area contributed by atoms with E-state index in [1.165, 1.54) is 0 Å². The van der Waals surface area contributed by atoms with E-state index in [-0.39, 0.29) is 6.03 Å². The van der Waals surface area contributed by atoms with Crippen molar-refractivity contribution in [1.82, 2.24) is 4.98 Å². The number of para-hydroxylation sites is 2. The predicted molar refractivity (Wildman–Crippen MR) is 105 cm³/mol. The molecule has 0 saturated carbocycles. The third-order valence-corrected chi connectivity index (χ3v) is 4.17. The molecule has 3 aromatic carbocycles. The third kappa shape index (κ3) is 3.02. The van der Waals surface area contributed by atoms with Crippen molar-refractivity contribution in [3.8, 4) is 5.75 Å². The van der Waals surface area contributed by atoms with Gasteiger partial charge in [-0.1, -0.05) is 36.4 Å². The highest BCUT2D eigenvalue weighted by Crippen LogP contribution is 2.30. The molecule has 0 atom stereocenters. The number of aromatic nitrogens is 1. The highest BCUT2D eigenvalue weighted by Gasteiger charge is 2.11. The number of carbonyl (C=O) groups is 1. The van der Waals surface area contributed by atoms with E-state index in [2.05, 4.69) is 15.6 Å². The van der Waals surface area contributed by atoms with E-state index in [0.29, 0.717) is 5.69 Å². The van der Waals surface area contributed by atoms with Gasteiger partial charge in [-0.05, 0) is 36.4 Å². The molecule has 4 aromatic rings. The van der Waals surface area contributed by atoms with Crippen LogP contribution < -0.4 is 15.4 Å². The van der Waals surface area contributed by atoms with Gasteiger partial charge >= 0.3 is 6.03 Å². The second kappa shape index (κ2) is 6.72. The Morgan fingerprint density at radius 3 is 1.96 bits per heavy atom. The fraction of sp³-hybridized carbons (Fsp3) is 0.0476. The molecule has 1 heterocycles. The lowest BCUT2D eigenvalue weighted by Gasteiger charge is -2.13. The summed E-state index contributed by atoms with van der Waals surface area (Å²) in [7, 11) is 1.61. The van der Waals surface area contributed by atoms with Crippen LogP contribution in [0.25, 0.3) is 21.8 Å². The number of methoxy groups -OCH3 is 1. The third-order valence-electron chi connectivity index (χ3n) is 4.17. The molecule has 0 fully saturated rings. The summed E-state index contributed by atoms with van der Waals surface area (Å²) in [5.74, 6) is 0.738. The summed E-state index contributed by atoms with van der Waals surface area (Å²) >= 11 is 0. The minimum Gasteiger partial charge on any atom is -0.497 e. The second-order valence-electron chi connectivity index (χ2n) is 5.83. The van der Waals surface area contributed by atoms with Crippen molar-refractivity contribution in [3.63, 3.8) is 0 Å². The average molecular weight is 343 g/mol. The lowest BCUT2D eigenvalue weighted by Crippen LogP contribution is -2.19. The normalized spacial score (nSPS) is 10.7. The number of anilines is 2. The second-order valence-corrected chi connectivity index (χ2v) is 5.83. The molecule has 1 aromatic heterocycles. The molecule has 4 rings (SSSR count). The van der Waals surface area contributed by atoms with Crippen molar-refractivity contribution in [2.75, 3.05) is 17.7 Å². The molecule has 5 heteroatoms. The Kier molecular flexibility index (Phi) is 4.11. The maximum absolute atomic E-state index is 12.5. The Balaban J connectivity index is 1.69. The fourth-order valence-electron chi connectivity index (χ4n) is 2.92. The van der Waals surface area contributed by atoms with Crippen LogP contribution in [0.5, 0.6) is 5.75 Å². The van der Waals surface area contributed by atoms with Gasteiger partial charge in [-0.3, -0.25) is 0 Å². The zero-order chi connectivity index (χ0) is 17.9. The Hall–Kier alpha value is -3.60. The summed E-state index contributed by atoms with van der Waals surface area (Å²) in [5.41, 5.74) is 3.11. The van der Waals surface area contributed by atoms with Crippen LogP contribution in [0.2, 0.25) is 0 Å². The van der Waals surface area contributed by atoms with Crippen LogP contribution >= 0.6 is 0 Å². The van der Waals surface area contributed by atoms with E-state index in [1.807, 2.05) is 48.5 Å². The number of carbonyl (C=O) groups excluding carboxylic acids is 1. The molecule has 0 bridgehead atoms. The van der Waals surface area contributed by atoms with Gasteiger partial charge in [-0.2, -0.15) is 0 Å². The van der Waals surface area contributed by atoms with Gasteiger partial charge in [0.1, 0.15) is 5.75 Å². The molecule has 0 unspecified atom stereocenters. The summed E-state index contributed by atoms with van der Waals surface area (Å²) < 4.78 is 5.13. The smallest absolute Gasteiger partial charge is 0.323 e. The number of ether oxygens (including phenoxy) is 1. The fourth-order valence-corrected chi connectivity index (χ4v) is 2.92. The first-order chi connectivity index (χ1) is 12.7. The van der Waals surface area contributed by atoms with Crippen molar-refractivity contribution in [2.24, 2.45) is 0 Å². The molecule has 0 aliphatic rings. The zero-order valence-corrected chi connectivity index (χ0v) is 14.2. The van der Waals surface area contributed by atoms with Crippen molar-refractivity contribution >= 4 is 39.2 Å². The van der Waals surface area contributed by atoms with Crippen LogP contribution in [0.1, 0.15) is 0 Å². The Morgan fingerprint density at radius 1 is 0.808 bits per heavy atom. The number of benzene rings is 3. The summed E-state index contributed by atoms with van der Waals surface area (Å²) in [6.45, 7) is 0. The van der Waals surface area contributed by atoms with E-state index >= 15 is 0 Å². The first-order valence-electron chi connectivity index (χ1n) is 8.24. The molecule has 26 heavy (non-hydrogen) atoms. The van der Waals surface area contributed by atoms with E-state index in [4.69, 9.17) is 4.74 Å². The number of nitrogens with zero attached hydrogens (tertiary/aromatic N) is 1. The summed E-state index contributed by atoms with van der Waals surface area (Å²) in [5, 5.41) is 7.63. The quantitative estimate of drug-likeness (QED) is 0.512. The van der Waals surface area contributed by atoms with Crippen LogP contribution in [0.15, 0.2) is 72.8 Å². The molecule has 2 N–H and O–H groups in total. The highest BCUT2D eigenvalue weighted by atomic mass is 16.5. The Morgan fingerprint density at radius 2 is 1.38 bits per heavy atom. The standard InChI is InChI=1S/C21H17N3O2/c1-26-15-12-10-14(11-13-15)22-21(25)24-20-16-6-2-4-8-18(16)23-19-9-5-3-7-17(19)20/h2-13H,1H3,(H2,22,23,24,25). The van der Waals surface area contributed by atoms with Gasteiger partial charge in [0.05, 0.1) is 23.8 Å². The monoisotopic (exact) mass is 343 g/mol. The van der Waals surface area contributed by atoms with Crippen LogP contribution in [0, 0.1) is 0 Å². The van der Waals surface area contributed by atoms with Gasteiger partial charge in [0.15, 0.2) is 0 Å². The minimum atomic E-state index is -0.309. The summed E-state index contributed by atoms with van der Waals surface area (Å²) in [4.78, 5) is 17.2. The Bertz CT molecular complexity index is 1040. The summed E-state index contributed by atoms with van der Waals surface area (Å²) in [6, 6.07) is 22.4. The van der Waals surface area contributed by atoms with Gasteiger partial charge in [0.2, 0.25) is 0 Å². The minimum absolute atomic E-state index is 0.309. The summed E-state index contributed by atoms with van der Waals surface area (Å²) in [6.07, 6.45) is 0. The maximum Gasteiger partial charge on any atom is 0.323 e. The first-order valence-corrected chi connectivity index (χ1v) is 8.24. The molecule has 0 saturated heterocycles. The number of amides is 2. The number of nitrogens with one attached hydrogen (secondary N) is 2. The Labute approximate surface area is 150 Å². The number of hydrogen-bond acceptors (Lipinski definition) is 3. The van der Waals surface area contributed by atoms with Gasteiger partial charge < -0.3 is 15.4 Å². The SMILES string of the molecule is COc1ccc(NC(=O)Nc2c3ccccc3nc3ccccc23)cc1. The van der Waals surface area contributed by atoms with Gasteiger partial charge in [0, 0.05) is 16.5 Å². The van der Waals surface area contributed by atoms with E-state index in [1.54, 1.807) is 31.4 Å². The molecule has 5 nitrogen and oxygen atoms in total. The van der Waals surface area contributed by atoms with Crippen LogP contribution in [0.4, 0.5) is 16.2 Å². The van der Waals surface area contributed by atoms with Crippen LogP contribution in [-0.2, 0) is 0 Å². The lowest BCUT2D eigenvalue weighted by molar-refractivity contribution is 0.262. The van der Waals surface area contributed by atoms with Crippen molar-refractivity contribution in [2.45, 2.75) is 0 Å². The first kappa shape index (κ1) is 15.9.